The van der Waals surface area contributed by atoms with Crippen LogP contribution in [-0.4, -0.2) is 11.9 Å². The van der Waals surface area contributed by atoms with Crippen molar-refractivity contribution < 1.29 is 4.79 Å². The van der Waals surface area contributed by atoms with Gasteiger partial charge in [0.2, 0.25) is 5.91 Å². The fourth-order valence-electron chi connectivity index (χ4n) is 1.55. The average Bonchev–Trinajstić information content (AvgIpc) is 2.20. The minimum atomic E-state index is -0.431. The van der Waals surface area contributed by atoms with Crippen LogP contribution < -0.4 is 11.1 Å². The Balaban J connectivity index is 2.61. The van der Waals surface area contributed by atoms with Gasteiger partial charge >= 0.3 is 0 Å². The lowest BCUT2D eigenvalue weighted by Gasteiger charge is -2.15. The first-order valence-corrected chi connectivity index (χ1v) is 5.62. The van der Waals surface area contributed by atoms with E-state index in [1.165, 1.54) is 0 Å². The first-order chi connectivity index (χ1) is 7.50. The van der Waals surface area contributed by atoms with Crippen molar-refractivity contribution in [3.8, 4) is 0 Å². The molecule has 0 spiro atoms. The minimum absolute atomic E-state index is 0.108. The molecular formula is C13H20N2O. The summed E-state index contributed by atoms with van der Waals surface area (Å²) in [5, 5.41) is 2.85. The van der Waals surface area contributed by atoms with E-state index in [1.54, 1.807) is 0 Å². The maximum Gasteiger partial charge on any atom is 0.241 e. The van der Waals surface area contributed by atoms with Crippen LogP contribution in [0.3, 0.4) is 0 Å². The van der Waals surface area contributed by atoms with Crippen LogP contribution in [0.1, 0.15) is 25.8 Å². The zero-order valence-electron chi connectivity index (χ0n) is 10.2. The molecule has 1 amide bonds. The molecule has 0 heterocycles. The predicted molar refractivity (Wildman–Crippen MR) is 67.2 cm³/mol. The molecule has 3 nitrogen and oxygen atoms in total. The van der Waals surface area contributed by atoms with Crippen LogP contribution in [0.5, 0.6) is 0 Å². The van der Waals surface area contributed by atoms with Crippen molar-refractivity contribution in [1.82, 2.24) is 0 Å². The van der Waals surface area contributed by atoms with Gasteiger partial charge in [0, 0.05) is 5.69 Å². The second-order valence-electron chi connectivity index (χ2n) is 4.54. The van der Waals surface area contributed by atoms with Crippen molar-refractivity contribution in [1.29, 1.82) is 0 Å². The normalized spacial score (nSPS) is 12.6. The smallest absolute Gasteiger partial charge is 0.241 e. The summed E-state index contributed by atoms with van der Waals surface area (Å²) in [6, 6.07) is 7.26. The Morgan fingerprint density at radius 3 is 2.56 bits per heavy atom. The highest BCUT2D eigenvalue weighted by Gasteiger charge is 2.15. The van der Waals surface area contributed by atoms with E-state index in [1.807, 2.05) is 31.2 Å². The Labute approximate surface area is 97.0 Å². The molecule has 0 aliphatic heterocycles. The van der Waals surface area contributed by atoms with Gasteiger partial charge in [-0.25, -0.2) is 0 Å². The number of carbonyl (C=O) groups excluding carboxylic acids is 1. The van der Waals surface area contributed by atoms with E-state index in [4.69, 9.17) is 5.73 Å². The van der Waals surface area contributed by atoms with Gasteiger partial charge in [0.1, 0.15) is 0 Å². The Morgan fingerprint density at radius 1 is 1.38 bits per heavy atom. The first kappa shape index (κ1) is 12.7. The topological polar surface area (TPSA) is 55.1 Å². The standard InChI is InChI=1S/C13H20N2O/c1-9(2)8-11(14)13(16)15-12-7-5-4-6-10(12)3/h4-7,9,11H,8,14H2,1-3H3,(H,15,16)/t11-/m1/s1. The number of carbonyl (C=O) groups is 1. The van der Waals surface area contributed by atoms with Crippen molar-refractivity contribution in [3.05, 3.63) is 29.8 Å². The number of benzene rings is 1. The van der Waals surface area contributed by atoms with Gasteiger partial charge in [-0.2, -0.15) is 0 Å². The second-order valence-corrected chi connectivity index (χ2v) is 4.54. The molecule has 1 rings (SSSR count). The van der Waals surface area contributed by atoms with Crippen LogP contribution in [0.15, 0.2) is 24.3 Å². The van der Waals surface area contributed by atoms with E-state index in [-0.39, 0.29) is 5.91 Å². The molecule has 88 valence electrons. The van der Waals surface area contributed by atoms with Gasteiger partial charge in [-0.1, -0.05) is 32.0 Å². The number of amides is 1. The SMILES string of the molecule is Cc1ccccc1NC(=O)[C@H](N)CC(C)C. The number of hydrogen-bond donors (Lipinski definition) is 2. The number of aryl methyl sites for hydroxylation is 1. The average molecular weight is 220 g/mol. The molecule has 0 bridgehead atoms. The van der Waals surface area contributed by atoms with E-state index in [0.29, 0.717) is 12.3 Å². The van der Waals surface area contributed by atoms with Gasteiger partial charge < -0.3 is 11.1 Å². The van der Waals surface area contributed by atoms with Crippen LogP contribution >= 0.6 is 0 Å². The van der Waals surface area contributed by atoms with E-state index in [2.05, 4.69) is 19.2 Å². The third kappa shape index (κ3) is 3.66. The summed E-state index contributed by atoms with van der Waals surface area (Å²) in [4.78, 5) is 11.8. The summed E-state index contributed by atoms with van der Waals surface area (Å²) in [6.07, 6.45) is 0.706. The number of rotatable bonds is 4. The predicted octanol–water partition coefficient (Wildman–Crippen LogP) is 2.31. The summed E-state index contributed by atoms with van der Waals surface area (Å²) in [7, 11) is 0. The lowest BCUT2D eigenvalue weighted by molar-refractivity contribution is -0.117. The molecule has 0 aliphatic carbocycles. The number of para-hydroxylation sites is 1. The van der Waals surface area contributed by atoms with E-state index < -0.39 is 6.04 Å². The van der Waals surface area contributed by atoms with Gasteiger partial charge in [-0.3, -0.25) is 4.79 Å². The van der Waals surface area contributed by atoms with Crippen molar-refractivity contribution in [2.75, 3.05) is 5.32 Å². The molecule has 0 aromatic heterocycles. The fraction of sp³-hybridized carbons (Fsp3) is 0.462. The molecule has 0 unspecified atom stereocenters. The molecule has 0 aliphatic rings. The highest BCUT2D eigenvalue weighted by molar-refractivity contribution is 5.95. The lowest BCUT2D eigenvalue weighted by atomic mass is 10.0. The van der Waals surface area contributed by atoms with Crippen molar-refractivity contribution in [2.24, 2.45) is 11.7 Å². The van der Waals surface area contributed by atoms with Crippen LogP contribution in [0.4, 0.5) is 5.69 Å². The molecule has 3 N–H and O–H groups in total. The highest BCUT2D eigenvalue weighted by atomic mass is 16.2. The third-order valence-electron chi connectivity index (χ3n) is 2.47. The minimum Gasteiger partial charge on any atom is -0.324 e. The van der Waals surface area contributed by atoms with Crippen molar-refractivity contribution >= 4 is 11.6 Å². The number of nitrogens with two attached hydrogens (primary N) is 1. The zero-order valence-corrected chi connectivity index (χ0v) is 10.2. The van der Waals surface area contributed by atoms with Gasteiger partial charge in [-0.05, 0) is 30.9 Å². The summed E-state index contributed by atoms with van der Waals surface area (Å²) >= 11 is 0. The second kappa shape index (κ2) is 5.66. The van der Waals surface area contributed by atoms with Crippen molar-refractivity contribution in [3.63, 3.8) is 0 Å². The Bertz CT molecular complexity index is 361. The van der Waals surface area contributed by atoms with Crippen LogP contribution in [0.2, 0.25) is 0 Å². The maximum atomic E-state index is 11.8. The molecule has 0 saturated heterocycles. The Hall–Kier alpha value is -1.35. The highest BCUT2D eigenvalue weighted by Crippen LogP contribution is 2.14. The summed E-state index contributed by atoms with van der Waals surface area (Å²) in [5.41, 5.74) is 7.69. The molecule has 1 atom stereocenters. The quantitative estimate of drug-likeness (QED) is 0.818. The number of hydrogen-bond acceptors (Lipinski definition) is 2. The molecule has 0 saturated carbocycles. The molecule has 1 aromatic rings. The molecule has 16 heavy (non-hydrogen) atoms. The first-order valence-electron chi connectivity index (χ1n) is 5.62. The van der Waals surface area contributed by atoms with Crippen LogP contribution in [0, 0.1) is 12.8 Å². The number of nitrogens with one attached hydrogen (secondary N) is 1. The molecular weight excluding hydrogens is 200 g/mol. The fourth-order valence-corrected chi connectivity index (χ4v) is 1.55. The van der Waals surface area contributed by atoms with Gasteiger partial charge in [-0.15, -0.1) is 0 Å². The summed E-state index contributed by atoms with van der Waals surface area (Å²) in [6.45, 7) is 6.07. The molecule has 3 heteroatoms. The van der Waals surface area contributed by atoms with Crippen LogP contribution in [-0.2, 0) is 4.79 Å². The van der Waals surface area contributed by atoms with Crippen LogP contribution in [0.25, 0.3) is 0 Å². The van der Waals surface area contributed by atoms with E-state index in [0.717, 1.165) is 11.3 Å². The van der Waals surface area contributed by atoms with Crippen molar-refractivity contribution in [2.45, 2.75) is 33.2 Å². The van der Waals surface area contributed by atoms with E-state index >= 15 is 0 Å². The number of anilines is 1. The third-order valence-corrected chi connectivity index (χ3v) is 2.47. The summed E-state index contributed by atoms with van der Waals surface area (Å²) < 4.78 is 0. The van der Waals surface area contributed by atoms with E-state index in [9.17, 15) is 4.79 Å². The zero-order chi connectivity index (χ0) is 12.1. The molecule has 0 fully saturated rings. The van der Waals surface area contributed by atoms with Gasteiger partial charge in [0.15, 0.2) is 0 Å². The largest absolute Gasteiger partial charge is 0.324 e. The molecule has 1 aromatic carbocycles. The maximum absolute atomic E-state index is 11.8. The Morgan fingerprint density at radius 2 is 2.00 bits per heavy atom. The molecule has 0 radical (unpaired) electrons. The van der Waals surface area contributed by atoms with Gasteiger partial charge in [0.25, 0.3) is 0 Å². The lowest BCUT2D eigenvalue weighted by Crippen LogP contribution is -2.36. The summed E-state index contributed by atoms with van der Waals surface area (Å²) in [5.74, 6) is 0.320. The monoisotopic (exact) mass is 220 g/mol. The Kier molecular flexibility index (Phi) is 4.50. The van der Waals surface area contributed by atoms with Gasteiger partial charge in [0.05, 0.1) is 6.04 Å².